The summed E-state index contributed by atoms with van der Waals surface area (Å²) in [5.74, 6) is 2.60. The third-order valence-corrected chi connectivity index (χ3v) is 1.92. The Morgan fingerprint density at radius 3 is 3.08 bits per heavy atom. The van der Waals surface area contributed by atoms with Crippen LogP contribution in [0.1, 0.15) is 5.56 Å². The van der Waals surface area contributed by atoms with Crippen LogP contribution in [0.25, 0.3) is 10.9 Å². The van der Waals surface area contributed by atoms with Gasteiger partial charge in [0, 0.05) is 18.0 Å². The van der Waals surface area contributed by atoms with Crippen LogP contribution in [0.3, 0.4) is 0 Å². The molecule has 0 aliphatic carbocycles. The molecule has 1 aromatic heterocycles. The summed E-state index contributed by atoms with van der Waals surface area (Å²) < 4.78 is 1.82. The van der Waals surface area contributed by atoms with Crippen molar-refractivity contribution in [2.45, 2.75) is 0 Å². The molecule has 0 saturated carbocycles. The largest absolute Gasteiger partial charge is 0.268 e. The van der Waals surface area contributed by atoms with E-state index in [1.165, 1.54) is 0 Å². The Kier molecular flexibility index (Phi) is 1.38. The highest BCUT2D eigenvalue weighted by atomic mass is 15.2. The first-order valence-electron chi connectivity index (χ1n) is 3.69. The van der Waals surface area contributed by atoms with Gasteiger partial charge in [0.05, 0.1) is 11.7 Å². The van der Waals surface area contributed by atoms with Crippen LogP contribution in [0.15, 0.2) is 24.4 Å². The molecule has 0 amide bonds. The molecule has 0 fully saturated rings. The fraction of sp³-hybridized carbons (Fsp3) is 0.100. The summed E-state index contributed by atoms with van der Waals surface area (Å²) in [7, 11) is 1.91. The molecule has 2 nitrogen and oxygen atoms in total. The standard InChI is InChI=1S/C10H8N2/c1-3-8-4-5-9-7-11-12(2)10(9)6-8/h1,4-7H,2H3. The van der Waals surface area contributed by atoms with Crippen LogP contribution in [0.2, 0.25) is 0 Å². The molecular weight excluding hydrogens is 148 g/mol. The summed E-state index contributed by atoms with van der Waals surface area (Å²) in [5.41, 5.74) is 1.97. The molecule has 2 heteroatoms. The molecule has 0 atom stereocenters. The van der Waals surface area contributed by atoms with E-state index in [9.17, 15) is 0 Å². The zero-order valence-electron chi connectivity index (χ0n) is 6.78. The Labute approximate surface area is 70.8 Å². The lowest BCUT2D eigenvalue weighted by Crippen LogP contribution is -1.88. The van der Waals surface area contributed by atoms with E-state index in [4.69, 9.17) is 6.42 Å². The summed E-state index contributed by atoms with van der Waals surface area (Å²) in [4.78, 5) is 0. The third kappa shape index (κ3) is 0.876. The Morgan fingerprint density at radius 1 is 1.50 bits per heavy atom. The van der Waals surface area contributed by atoms with E-state index in [-0.39, 0.29) is 0 Å². The lowest BCUT2D eigenvalue weighted by molar-refractivity contribution is 0.797. The first-order chi connectivity index (χ1) is 5.81. The van der Waals surface area contributed by atoms with Gasteiger partial charge in [-0.2, -0.15) is 5.10 Å². The van der Waals surface area contributed by atoms with Gasteiger partial charge in [0.2, 0.25) is 0 Å². The van der Waals surface area contributed by atoms with E-state index in [2.05, 4.69) is 11.0 Å². The first-order valence-corrected chi connectivity index (χ1v) is 3.69. The van der Waals surface area contributed by atoms with Gasteiger partial charge in [-0.15, -0.1) is 6.42 Å². The summed E-state index contributed by atoms with van der Waals surface area (Å²) in [6, 6.07) is 5.86. The summed E-state index contributed by atoms with van der Waals surface area (Å²) in [6.45, 7) is 0. The average Bonchev–Trinajstić information content (AvgIpc) is 2.47. The zero-order valence-corrected chi connectivity index (χ0v) is 6.78. The van der Waals surface area contributed by atoms with Crippen LogP contribution in [-0.2, 0) is 7.05 Å². The van der Waals surface area contributed by atoms with Crippen LogP contribution in [0.5, 0.6) is 0 Å². The van der Waals surface area contributed by atoms with Gasteiger partial charge >= 0.3 is 0 Å². The topological polar surface area (TPSA) is 17.8 Å². The number of rotatable bonds is 0. The zero-order chi connectivity index (χ0) is 8.55. The summed E-state index contributed by atoms with van der Waals surface area (Å²) in [6.07, 6.45) is 7.11. The molecular formula is C10H8N2. The predicted molar refractivity (Wildman–Crippen MR) is 48.6 cm³/mol. The van der Waals surface area contributed by atoms with Gasteiger partial charge in [-0.05, 0) is 18.2 Å². The van der Waals surface area contributed by atoms with E-state index < -0.39 is 0 Å². The number of terminal acetylenes is 1. The van der Waals surface area contributed by atoms with Gasteiger partial charge in [0.15, 0.2) is 0 Å². The van der Waals surface area contributed by atoms with Crippen LogP contribution < -0.4 is 0 Å². The number of aromatic nitrogens is 2. The quantitative estimate of drug-likeness (QED) is 0.529. The number of nitrogens with zero attached hydrogens (tertiary/aromatic N) is 2. The number of aryl methyl sites for hydroxylation is 1. The van der Waals surface area contributed by atoms with Gasteiger partial charge < -0.3 is 0 Å². The van der Waals surface area contributed by atoms with Crippen molar-refractivity contribution in [1.82, 2.24) is 9.78 Å². The van der Waals surface area contributed by atoms with E-state index in [0.717, 1.165) is 16.5 Å². The number of fused-ring (bicyclic) bond motifs is 1. The summed E-state index contributed by atoms with van der Waals surface area (Å²) >= 11 is 0. The van der Waals surface area contributed by atoms with Crippen LogP contribution in [-0.4, -0.2) is 9.78 Å². The first kappa shape index (κ1) is 6.93. The smallest absolute Gasteiger partial charge is 0.0691 e. The molecule has 0 aliphatic heterocycles. The second-order valence-electron chi connectivity index (χ2n) is 2.69. The maximum Gasteiger partial charge on any atom is 0.0691 e. The number of hydrogen-bond acceptors (Lipinski definition) is 1. The predicted octanol–water partition coefficient (Wildman–Crippen LogP) is 1.55. The van der Waals surface area contributed by atoms with Crippen LogP contribution >= 0.6 is 0 Å². The molecule has 0 N–H and O–H groups in total. The minimum Gasteiger partial charge on any atom is -0.268 e. The molecule has 1 aromatic carbocycles. The Morgan fingerprint density at radius 2 is 2.33 bits per heavy atom. The molecule has 2 aromatic rings. The van der Waals surface area contributed by atoms with Crippen molar-refractivity contribution in [3.63, 3.8) is 0 Å². The highest BCUT2D eigenvalue weighted by Crippen LogP contribution is 2.13. The molecule has 0 bridgehead atoms. The summed E-state index contributed by atoms with van der Waals surface area (Å²) in [5, 5.41) is 5.24. The minimum absolute atomic E-state index is 0.895. The normalized spacial score (nSPS) is 10.0. The lowest BCUT2D eigenvalue weighted by atomic mass is 10.2. The monoisotopic (exact) mass is 156 g/mol. The Hall–Kier alpha value is -1.75. The van der Waals surface area contributed by atoms with Gasteiger partial charge in [-0.25, -0.2) is 0 Å². The van der Waals surface area contributed by atoms with E-state index in [1.807, 2.05) is 36.1 Å². The van der Waals surface area contributed by atoms with Crippen molar-refractivity contribution < 1.29 is 0 Å². The maximum absolute atomic E-state index is 5.28. The second kappa shape index (κ2) is 2.38. The molecule has 0 spiro atoms. The molecule has 0 aliphatic rings. The highest BCUT2D eigenvalue weighted by molar-refractivity contribution is 5.79. The van der Waals surface area contributed by atoms with E-state index >= 15 is 0 Å². The minimum atomic E-state index is 0.895. The van der Waals surface area contributed by atoms with Gasteiger partial charge in [-0.3, -0.25) is 4.68 Å². The molecule has 0 unspecified atom stereocenters. The van der Waals surface area contributed by atoms with E-state index in [1.54, 1.807) is 0 Å². The number of hydrogen-bond donors (Lipinski definition) is 0. The van der Waals surface area contributed by atoms with Crippen molar-refractivity contribution in [2.24, 2.45) is 7.05 Å². The Bertz CT molecular complexity index is 460. The van der Waals surface area contributed by atoms with Crippen LogP contribution in [0, 0.1) is 12.3 Å². The SMILES string of the molecule is C#Cc1ccc2cnn(C)c2c1. The van der Waals surface area contributed by atoms with E-state index in [0.29, 0.717) is 0 Å². The third-order valence-electron chi connectivity index (χ3n) is 1.92. The maximum atomic E-state index is 5.28. The molecule has 1 heterocycles. The van der Waals surface area contributed by atoms with Crippen LogP contribution in [0.4, 0.5) is 0 Å². The van der Waals surface area contributed by atoms with Gasteiger partial charge in [0.1, 0.15) is 0 Å². The van der Waals surface area contributed by atoms with Gasteiger partial charge in [-0.1, -0.05) is 5.92 Å². The molecule has 0 saturated heterocycles. The number of benzene rings is 1. The lowest BCUT2D eigenvalue weighted by Gasteiger charge is -1.94. The molecule has 12 heavy (non-hydrogen) atoms. The molecule has 0 radical (unpaired) electrons. The Balaban J connectivity index is 2.82. The van der Waals surface area contributed by atoms with Crippen molar-refractivity contribution in [1.29, 1.82) is 0 Å². The molecule has 58 valence electrons. The van der Waals surface area contributed by atoms with Crippen molar-refractivity contribution in [3.05, 3.63) is 30.0 Å². The fourth-order valence-electron chi connectivity index (χ4n) is 1.23. The highest BCUT2D eigenvalue weighted by Gasteiger charge is 1.98. The van der Waals surface area contributed by atoms with Crippen molar-refractivity contribution >= 4 is 10.9 Å². The average molecular weight is 156 g/mol. The fourth-order valence-corrected chi connectivity index (χ4v) is 1.23. The van der Waals surface area contributed by atoms with Crippen molar-refractivity contribution in [3.8, 4) is 12.3 Å². The van der Waals surface area contributed by atoms with Crippen molar-refractivity contribution in [2.75, 3.05) is 0 Å². The molecule has 2 rings (SSSR count). The second-order valence-corrected chi connectivity index (χ2v) is 2.69. The van der Waals surface area contributed by atoms with Gasteiger partial charge in [0.25, 0.3) is 0 Å².